The molecule has 0 radical (unpaired) electrons. The van der Waals surface area contributed by atoms with Gasteiger partial charge in [-0.15, -0.1) is 0 Å². The Morgan fingerprint density at radius 3 is 2.43 bits per heavy atom. The summed E-state index contributed by atoms with van der Waals surface area (Å²) in [5.74, 6) is 0.475. The normalized spacial score (nSPS) is 16.4. The maximum atomic E-state index is 14.1. The molecule has 1 atom stereocenters. The quantitative estimate of drug-likeness (QED) is 0.301. The molecule has 2 aliphatic heterocycles. The van der Waals surface area contributed by atoms with Gasteiger partial charge < -0.3 is 24.4 Å². The van der Waals surface area contributed by atoms with E-state index in [1.165, 1.54) is 11.3 Å². The second-order valence-corrected chi connectivity index (χ2v) is 11.7. The Morgan fingerprint density at radius 1 is 1.00 bits per heavy atom. The van der Waals surface area contributed by atoms with Gasteiger partial charge in [-0.25, -0.2) is 4.99 Å². The molecule has 2 amide bonds. The highest BCUT2D eigenvalue weighted by atomic mass is 32.1. The zero-order valence-corrected chi connectivity index (χ0v) is 26.4. The van der Waals surface area contributed by atoms with Crippen LogP contribution in [0.3, 0.4) is 0 Å². The van der Waals surface area contributed by atoms with E-state index in [-0.39, 0.29) is 24.0 Å². The number of para-hydroxylation sites is 1. The molecule has 2 aliphatic rings. The van der Waals surface area contributed by atoms with E-state index >= 15 is 0 Å². The highest BCUT2D eigenvalue weighted by Gasteiger charge is 2.32. The fourth-order valence-electron chi connectivity index (χ4n) is 5.48. The van der Waals surface area contributed by atoms with Crippen LogP contribution >= 0.6 is 11.3 Å². The van der Waals surface area contributed by atoms with Gasteiger partial charge in [0.2, 0.25) is 0 Å². The number of fused-ring (bicyclic) bond motifs is 1. The van der Waals surface area contributed by atoms with Crippen molar-refractivity contribution >= 4 is 34.9 Å². The van der Waals surface area contributed by atoms with Gasteiger partial charge in [-0.3, -0.25) is 19.0 Å². The van der Waals surface area contributed by atoms with Gasteiger partial charge in [-0.05, 0) is 55.3 Å². The van der Waals surface area contributed by atoms with Gasteiger partial charge >= 0.3 is 0 Å². The molecule has 3 aromatic carbocycles. The molecule has 0 aliphatic carbocycles. The van der Waals surface area contributed by atoms with E-state index in [2.05, 4.69) is 5.32 Å². The van der Waals surface area contributed by atoms with Gasteiger partial charge in [-0.2, -0.15) is 0 Å². The van der Waals surface area contributed by atoms with Crippen molar-refractivity contribution in [1.82, 2.24) is 9.47 Å². The number of amides is 2. The lowest BCUT2D eigenvalue weighted by Gasteiger charge is -2.26. The van der Waals surface area contributed by atoms with Gasteiger partial charge in [0.15, 0.2) is 22.9 Å². The smallest absolute Gasteiger partial charge is 0.271 e. The second-order valence-electron chi connectivity index (χ2n) is 10.7. The number of nitrogens with one attached hydrogen (secondary N) is 1. The number of allylic oxidation sites excluding steroid dienone is 1. The third-order valence-corrected chi connectivity index (χ3v) is 8.68. The summed E-state index contributed by atoms with van der Waals surface area (Å²) >= 11 is 1.26. The average molecular weight is 639 g/mol. The number of carbonyl (C=O) groups is 2. The Balaban J connectivity index is 1.33. The topological polar surface area (TPSA) is 111 Å². The van der Waals surface area contributed by atoms with Crippen LogP contribution in [-0.4, -0.2) is 60.8 Å². The van der Waals surface area contributed by atoms with Gasteiger partial charge in [-0.1, -0.05) is 65.9 Å². The van der Waals surface area contributed by atoms with E-state index in [0.717, 1.165) is 11.1 Å². The van der Waals surface area contributed by atoms with Crippen molar-refractivity contribution in [2.24, 2.45) is 4.99 Å². The number of anilines is 1. The molecule has 0 spiro atoms. The summed E-state index contributed by atoms with van der Waals surface area (Å²) in [6, 6.07) is 23.4. The number of thiazole rings is 1. The molecule has 0 bridgehead atoms. The number of morpholine rings is 1. The average Bonchev–Trinajstić information content (AvgIpc) is 3.38. The van der Waals surface area contributed by atoms with Crippen molar-refractivity contribution in [1.29, 1.82) is 0 Å². The maximum absolute atomic E-state index is 14.1. The number of hydrogen-bond acceptors (Lipinski definition) is 8. The maximum Gasteiger partial charge on any atom is 0.271 e. The third kappa shape index (κ3) is 6.65. The lowest BCUT2D eigenvalue weighted by molar-refractivity contribution is -0.137. The number of carbonyl (C=O) groups excluding carboxylic acids is 2. The fraction of sp³-hybridized carbons (Fsp3) is 0.257. The molecule has 6 rings (SSSR count). The van der Waals surface area contributed by atoms with Crippen molar-refractivity contribution in [2.45, 2.75) is 19.9 Å². The minimum atomic E-state index is -0.665. The van der Waals surface area contributed by atoms with E-state index in [1.807, 2.05) is 73.7 Å². The highest BCUT2D eigenvalue weighted by molar-refractivity contribution is 7.07. The Labute approximate surface area is 269 Å². The number of aromatic nitrogens is 1. The Hall–Kier alpha value is -5.00. The van der Waals surface area contributed by atoms with Crippen molar-refractivity contribution in [3.63, 3.8) is 0 Å². The van der Waals surface area contributed by atoms with E-state index in [9.17, 15) is 14.4 Å². The molecular formula is C35H34N4O6S. The fourth-order valence-corrected chi connectivity index (χ4v) is 6.53. The Bertz CT molecular complexity index is 1950. The van der Waals surface area contributed by atoms with Crippen LogP contribution in [0, 0.1) is 0 Å². The largest absolute Gasteiger partial charge is 0.490 e. The molecule has 0 unspecified atom stereocenters. The summed E-state index contributed by atoms with van der Waals surface area (Å²) in [6.07, 6.45) is 1.78. The van der Waals surface area contributed by atoms with Crippen LogP contribution < -0.4 is 29.7 Å². The Kier molecular flexibility index (Phi) is 9.41. The standard InChI is InChI=1S/C35H34N4O6S/c1-3-44-28-20-24(14-15-27(28)45-22-30(40)38-16-18-43-19-17-38)21-29-34(42)39-32(25-10-6-4-7-11-25)31(23(2)36-35(39)46-29)33(41)37-26-12-8-5-9-13-26/h4-15,20-21,32H,3,16-19,22H2,1-2H3,(H,37,41)/b29-21+/t32-/m0/s1. The summed E-state index contributed by atoms with van der Waals surface area (Å²) in [4.78, 5) is 47.3. The second kappa shape index (κ2) is 14.0. The van der Waals surface area contributed by atoms with Crippen LogP contribution in [0.2, 0.25) is 0 Å². The minimum absolute atomic E-state index is 0.114. The first-order chi connectivity index (χ1) is 22.4. The monoisotopic (exact) mass is 638 g/mol. The third-order valence-electron chi connectivity index (χ3n) is 7.69. The van der Waals surface area contributed by atoms with Gasteiger partial charge in [0, 0.05) is 18.8 Å². The first-order valence-corrected chi connectivity index (χ1v) is 15.9. The number of hydrogen-bond donors (Lipinski definition) is 1. The zero-order valence-electron chi connectivity index (χ0n) is 25.6. The molecule has 1 saturated heterocycles. The van der Waals surface area contributed by atoms with Crippen LogP contribution in [0.4, 0.5) is 5.69 Å². The number of rotatable bonds is 9. The lowest BCUT2D eigenvalue weighted by atomic mass is 9.95. The summed E-state index contributed by atoms with van der Waals surface area (Å²) in [7, 11) is 0. The molecule has 10 nitrogen and oxygen atoms in total. The predicted octanol–water partition coefficient (Wildman–Crippen LogP) is 3.51. The lowest BCUT2D eigenvalue weighted by Crippen LogP contribution is -2.43. The van der Waals surface area contributed by atoms with Crippen molar-refractivity contribution in [2.75, 3.05) is 44.8 Å². The number of benzene rings is 3. The van der Waals surface area contributed by atoms with Crippen LogP contribution in [0.1, 0.15) is 31.0 Å². The number of ether oxygens (including phenoxy) is 3. The summed E-state index contributed by atoms with van der Waals surface area (Å²) < 4.78 is 19.1. The highest BCUT2D eigenvalue weighted by Crippen LogP contribution is 2.31. The van der Waals surface area contributed by atoms with Crippen molar-refractivity contribution in [3.8, 4) is 11.5 Å². The molecule has 3 heterocycles. The van der Waals surface area contributed by atoms with Crippen molar-refractivity contribution in [3.05, 3.63) is 121 Å². The Morgan fingerprint density at radius 2 is 1.72 bits per heavy atom. The summed E-state index contributed by atoms with van der Waals surface area (Å²) in [5, 5.41) is 2.97. The van der Waals surface area contributed by atoms with Crippen LogP contribution in [-0.2, 0) is 14.3 Å². The molecule has 1 aromatic heterocycles. The van der Waals surface area contributed by atoms with Gasteiger partial charge in [0.1, 0.15) is 0 Å². The van der Waals surface area contributed by atoms with Crippen molar-refractivity contribution < 1.29 is 23.8 Å². The SMILES string of the molecule is CCOc1cc(/C=c2/sc3n(c2=O)[C@@H](c2ccccc2)C(C(=O)Nc2ccccc2)=C(C)N=3)ccc1OCC(=O)N1CCOCC1. The molecule has 236 valence electrons. The molecule has 0 saturated carbocycles. The van der Waals surface area contributed by atoms with Crippen LogP contribution in [0.25, 0.3) is 6.08 Å². The predicted molar refractivity (Wildman–Crippen MR) is 176 cm³/mol. The molecule has 1 N–H and O–H groups in total. The molecule has 46 heavy (non-hydrogen) atoms. The first kappa shape index (κ1) is 31.0. The summed E-state index contributed by atoms with van der Waals surface area (Å²) in [5.41, 5.74) is 2.86. The van der Waals surface area contributed by atoms with E-state index in [1.54, 1.807) is 34.6 Å². The van der Waals surface area contributed by atoms with E-state index in [0.29, 0.717) is 70.7 Å². The summed E-state index contributed by atoms with van der Waals surface area (Å²) in [6.45, 7) is 6.06. The van der Waals surface area contributed by atoms with E-state index in [4.69, 9.17) is 19.2 Å². The van der Waals surface area contributed by atoms with Gasteiger partial charge in [0.25, 0.3) is 17.4 Å². The molecule has 4 aromatic rings. The zero-order chi connectivity index (χ0) is 32.0. The van der Waals surface area contributed by atoms with Crippen LogP contribution in [0.5, 0.6) is 11.5 Å². The van der Waals surface area contributed by atoms with Crippen LogP contribution in [0.15, 0.2) is 99.9 Å². The molecule has 1 fully saturated rings. The molecule has 11 heteroatoms. The minimum Gasteiger partial charge on any atom is -0.490 e. The van der Waals surface area contributed by atoms with Gasteiger partial charge in [0.05, 0.1) is 41.7 Å². The first-order valence-electron chi connectivity index (χ1n) is 15.1. The van der Waals surface area contributed by atoms with E-state index < -0.39 is 6.04 Å². The number of nitrogens with zero attached hydrogens (tertiary/aromatic N) is 3. The molecular weight excluding hydrogens is 604 g/mol.